The lowest BCUT2D eigenvalue weighted by Crippen LogP contribution is -2.36. The molecule has 0 heterocycles. The van der Waals surface area contributed by atoms with Gasteiger partial charge in [-0.15, -0.1) is 0 Å². The first kappa shape index (κ1) is 15.7. The first-order valence-corrected chi connectivity index (χ1v) is 7.05. The first-order valence-electron chi connectivity index (χ1n) is 7.05. The van der Waals surface area contributed by atoms with Gasteiger partial charge in [0.1, 0.15) is 0 Å². The van der Waals surface area contributed by atoms with Crippen LogP contribution in [-0.2, 0) is 9.63 Å². The van der Waals surface area contributed by atoms with Gasteiger partial charge in [0.2, 0.25) is 0 Å². The van der Waals surface area contributed by atoms with Crippen LogP contribution in [0.1, 0.15) is 17.3 Å². The number of rotatable bonds is 6. The molecule has 0 aromatic heterocycles. The number of hydrogen-bond acceptors (Lipinski definition) is 3. The van der Waals surface area contributed by atoms with Crippen LogP contribution in [0.2, 0.25) is 0 Å². The molecule has 0 spiro atoms. The van der Waals surface area contributed by atoms with Crippen LogP contribution in [0.3, 0.4) is 0 Å². The van der Waals surface area contributed by atoms with Crippen molar-refractivity contribution in [3.05, 3.63) is 60.2 Å². The zero-order valence-electron chi connectivity index (χ0n) is 12.3. The van der Waals surface area contributed by atoms with E-state index < -0.39 is 5.91 Å². The van der Waals surface area contributed by atoms with Gasteiger partial charge in [0.25, 0.3) is 11.8 Å². The van der Waals surface area contributed by atoms with Crippen LogP contribution >= 0.6 is 0 Å². The molecule has 5 heteroatoms. The van der Waals surface area contributed by atoms with Crippen molar-refractivity contribution in [2.24, 2.45) is 0 Å². The Morgan fingerprint density at radius 3 is 2.23 bits per heavy atom. The van der Waals surface area contributed by atoms with Crippen LogP contribution in [0, 0.1) is 0 Å². The summed E-state index contributed by atoms with van der Waals surface area (Å²) < 4.78 is 0. The summed E-state index contributed by atoms with van der Waals surface area (Å²) in [4.78, 5) is 28.0. The average Bonchev–Trinajstić information content (AvgIpc) is 2.58. The van der Waals surface area contributed by atoms with E-state index >= 15 is 0 Å². The van der Waals surface area contributed by atoms with Crippen LogP contribution in [0.4, 0.5) is 0 Å². The van der Waals surface area contributed by atoms with E-state index in [4.69, 9.17) is 4.84 Å². The van der Waals surface area contributed by atoms with Crippen molar-refractivity contribution in [2.45, 2.75) is 6.92 Å². The highest BCUT2D eigenvalue weighted by Crippen LogP contribution is 2.19. The Hall–Kier alpha value is -2.66. The van der Waals surface area contributed by atoms with E-state index in [-0.39, 0.29) is 12.5 Å². The quantitative estimate of drug-likeness (QED) is 0.803. The Morgan fingerprint density at radius 1 is 0.955 bits per heavy atom. The molecule has 2 aromatic rings. The molecule has 22 heavy (non-hydrogen) atoms. The first-order chi connectivity index (χ1) is 10.7. The largest absolute Gasteiger partial charge is 0.343 e. The van der Waals surface area contributed by atoms with E-state index in [1.165, 1.54) is 0 Å². The Bertz CT molecular complexity index is 624. The molecule has 0 unspecified atom stereocenters. The predicted molar refractivity (Wildman–Crippen MR) is 84.0 cm³/mol. The third-order valence-corrected chi connectivity index (χ3v) is 2.99. The minimum atomic E-state index is -0.392. The third-order valence-electron chi connectivity index (χ3n) is 2.99. The molecule has 5 nitrogen and oxygen atoms in total. The SMILES string of the molecule is CCONC(=O)CNC(=O)c1ccc(-c2ccccc2)cc1. The number of carbonyl (C=O) groups excluding carboxylic acids is 2. The summed E-state index contributed by atoms with van der Waals surface area (Å²) in [5, 5.41) is 2.54. The maximum atomic E-state index is 11.9. The van der Waals surface area contributed by atoms with Gasteiger partial charge in [0.05, 0.1) is 13.2 Å². The lowest BCUT2D eigenvalue weighted by Gasteiger charge is -2.07. The standard InChI is InChI=1S/C17H18N2O3/c1-2-22-19-16(20)12-18-17(21)15-10-8-14(9-11-15)13-6-4-3-5-7-13/h3-11H,2,12H2,1H3,(H,18,21)(H,19,20). The molecule has 0 aliphatic heterocycles. The molecule has 2 aromatic carbocycles. The molecule has 2 rings (SSSR count). The van der Waals surface area contributed by atoms with Crippen molar-refractivity contribution in [1.82, 2.24) is 10.8 Å². The van der Waals surface area contributed by atoms with Crippen molar-refractivity contribution >= 4 is 11.8 Å². The van der Waals surface area contributed by atoms with E-state index in [1.54, 1.807) is 19.1 Å². The van der Waals surface area contributed by atoms with Crippen molar-refractivity contribution in [2.75, 3.05) is 13.2 Å². The van der Waals surface area contributed by atoms with Crippen LogP contribution in [0.25, 0.3) is 11.1 Å². The van der Waals surface area contributed by atoms with Crippen LogP contribution in [0.15, 0.2) is 54.6 Å². The zero-order chi connectivity index (χ0) is 15.8. The molecule has 114 valence electrons. The van der Waals surface area contributed by atoms with Gasteiger partial charge in [-0.2, -0.15) is 0 Å². The fourth-order valence-corrected chi connectivity index (χ4v) is 1.90. The summed E-state index contributed by atoms with van der Waals surface area (Å²) in [6.45, 7) is 2.01. The highest BCUT2D eigenvalue weighted by atomic mass is 16.6. The predicted octanol–water partition coefficient (Wildman–Crippen LogP) is 2.15. The normalized spacial score (nSPS) is 10.0. The number of nitrogens with one attached hydrogen (secondary N) is 2. The van der Waals surface area contributed by atoms with E-state index in [0.717, 1.165) is 11.1 Å². The minimum Gasteiger partial charge on any atom is -0.343 e. The number of carbonyl (C=O) groups is 2. The second-order valence-corrected chi connectivity index (χ2v) is 4.58. The molecule has 0 fully saturated rings. The number of benzene rings is 2. The molecular weight excluding hydrogens is 280 g/mol. The topological polar surface area (TPSA) is 67.4 Å². The summed E-state index contributed by atoms with van der Waals surface area (Å²) in [7, 11) is 0. The van der Waals surface area contributed by atoms with Crippen molar-refractivity contribution in [3.63, 3.8) is 0 Å². The number of hydroxylamine groups is 1. The van der Waals surface area contributed by atoms with Crippen LogP contribution in [0.5, 0.6) is 0 Å². The summed E-state index contributed by atoms with van der Waals surface area (Å²) in [6, 6.07) is 17.1. The molecule has 2 amide bonds. The van der Waals surface area contributed by atoms with Crippen molar-refractivity contribution in [3.8, 4) is 11.1 Å². The Morgan fingerprint density at radius 2 is 1.59 bits per heavy atom. The van der Waals surface area contributed by atoms with Gasteiger partial charge in [-0.3, -0.25) is 14.4 Å². The van der Waals surface area contributed by atoms with Gasteiger partial charge in [-0.25, -0.2) is 5.48 Å². The maximum Gasteiger partial charge on any atom is 0.262 e. The van der Waals surface area contributed by atoms with Gasteiger partial charge < -0.3 is 5.32 Å². The van der Waals surface area contributed by atoms with Crippen LogP contribution in [-0.4, -0.2) is 25.0 Å². The van der Waals surface area contributed by atoms with E-state index in [1.807, 2.05) is 42.5 Å². The minimum absolute atomic E-state index is 0.126. The van der Waals surface area contributed by atoms with Gasteiger partial charge in [-0.05, 0) is 30.2 Å². The van der Waals surface area contributed by atoms with Gasteiger partial charge in [0.15, 0.2) is 0 Å². The Balaban J connectivity index is 1.93. The van der Waals surface area contributed by atoms with Crippen molar-refractivity contribution < 1.29 is 14.4 Å². The van der Waals surface area contributed by atoms with E-state index in [2.05, 4.69) is 10.8 Å². The van der Waals surface area contributed by atoms with Crippen LogP contribution < -0.4 is 10.8 Å². The highest BCUT2D eigenvalue weighted by Gasteiger charge is 2.08. The second-order valence-electron chi connectivity index (χ2n) is 4.58. The van der Waals surface area contributed by atoms with Crippen molar-refractivity contribution in [1.29, 1.82) is 0 Å². The van der Waals surface area contributed by atoms with Gasteiger partial charge in [0, 0.05) is 5.56 Å². The zero-order valence-corrected chi connectivity index (χ0v) is 12.3. The summed E-state index contributed by atoms with van der Waals surface area (Å²) in [6.07, 6.45) is 0. The average molecular weight is 298 g/mol. The molecule has 0 aliphatic rings. The lowest BCUT2D eigenvalue weighted by molar-refractivity contribution is -0.132. The lowest BCUT2D eigenvalue weighted by atomic mass is 10.0. The highest BCUT2D eigenvalue weighted by molar-refractivity contribution is 5.96. The molecule has 0 aliphatic carbocycles. The smallest absolute Gasteiger partial charge is 0.262 e. The third kappa shape index (κ3) is 4.43. The molecule has 0 saturated carbocycles. The maximum absolute atomic E-state index is 11.9. The van der Waals surface area contributed by atoms with Gasteiger partial charge in [-0.1, -0.05) is 42.5 Å². The molecule has 2 N–H and O–H groups in total. The second kappa shape index (κ2) is 7.95. The summed E-state index contributed by atoms with van der Waals surface area (Å²) in [5.41, 5.74) is 4.84. The molecule has 0 radical (unpaired) electrons. The molecule has 0 atom stereocenters. The fourth-order valence-electron chi connectivity index (χ4n) is 1.90. The molecule has 0 saturated heterocycles. The fraction of sp³-hybridized carbons (Fsp3) is 0.176. The molecular formula is C17H18N2O3. The Labute approximate surface area is 129 Å². The molecule has 0 bridgehead atoms. The van der Waals surface area contributed by atoms with E-state index in [9.17, 15) is 9.59 Å². The Kier molecular flexibility index (Phi) is 5.68. The monoisotopic (exact) mass is 298 g/mol. The number of amides is 2. The number of hydrogen-bond donors (Lipinski definition) is 2. The van der Waals surface area contributed by atoms with Gasteiger partial charge >= 0.3 is 0 Å². The summed E-state index contributed by atoms with van der Waals surface area (Å²) in [5.74, 6) is -0.692. The van der Waals surface area contributed by atoms with E-state index in [0.29, 0.717) is 12.2 Å². The summed E-state index contributed by atoms with van der Waals surface area (Å²) >= 11 is 0.